The molecule has 0 bridgehead atoms. The predicted molar refractivity (Wildman–Crippen MR) is 114 cm³/mol. The highest BCUT2D eigenvalue weighted by Crippen LogP contribution is 2.39. The molecule has 1 N–H and O–H groups in total. The molecule has 31 heavy (non-hydrogen) atoms. The summed E-state index contributed by atoms with van der Waals surface area (Å²) in [6.45, 7) is 0. The first kappa shape index (κ1) is 20.7. The number of benzene rings is 2. The maximum atomic E-state index is 13.1. The normalized spacial score (nSPS) is 14.0. The highest BCUT2D eigenvalue weighted by molar-refractivity contribution is 7.90. The molecule has 1 aromatic heterocycles. The van der Waals surface area contributed by atoms with Crippen molar-refractivity contribution in [2.75, 3.05) is 26.6 Å². The fourth-order valence-corrected chi connectivity index (χ4v) is 5.01. The van der Waals surface area contributed by atoms with Crippen molar-refractivity contribution < 1.29 is 27.4 Å². The van der Waals surface area contributed by atoms with Crippen LogP contribution in [0.15, 0.2) is 42.5 Å². The lowest BCUT2D eigenvalue weighted by molar-refractivity contribution is 0.102. The summed E-state index contributed by atoms with van der Waals surface area (Å²) in [5.74, 6) is 0.537. The Morgan fingerprint density at radius 3 is 2.23 bits per heavy atom. The number of fused-ring (bicyclic) bond motifs is 1. The molecule has 0 saturated carbocycles. The number of nitrogens with one attached hydrogen (secondary N) is 1. The van der Waals surface area contributed by atoms with Crippen molar-refractivity contribution >= 4 is 21.6 Å². The van der Waals surface area contributed by atoms with E-state index in [-0.39, 0.29) is 17.1 Å². The third kappa shape index (κ3) is 3.81. The third-order valence-electron chi connectivity index (χ3n) is 4.95. The number of rotatable bonds is 6. The van der Waals surface area contributed by atoms with Gasteiger partial charge in [0.05, 0.1) is 44.2 Å². The summed E-state index contributed by atoms with van der Waals surface area (Å²) in [6, 6.07) is 12.2. The molecule has 2 aromatic carbocycles. The summed E-state index contributed by atoms with van der Waals surface area (Å²) in [4.78, 5) is 13.1. The number of ether oxygens (including phenoxy) is 3. The summed E-state index contributed by atoms with van der Waals surface area (Å²) in [7, 11) is 1.10. The van der Waals surface area contributed by atoms with Crippen LogP contribution in [-0.2, 0) is 21.3 Å². The molecule has 9 nitrogen and oxygen atoms in total. The smallest absolute Gasteiger partial charge is 0.257 e. The fraction of sp³-hybridized carbons (Fsp3) is 0.238. The van der Waals surface area contributed by atoms with E-state index in [2.05, 4.69) is 10.4 Å². The summed E-state index contributed by atoms with van der Waals surface area (Å²) < 4.78 is 41.7. The summed E-state index contributed by atoms with van der Waals surface area (Å²) >= 11 is 0. The molecule has 0 atom stereocenters. The number of aromatic nitrogens is 2. The van der Waals surface area contributed by atoms with Crippen LogP contribution in [0.1, 0.15) is 21.6 Å². The minimum absolute atomic E-state index is 0.158. The standard InChI is InChI=1S/C21H21N3O6S/c1-28-17-9-13(10-18(29-2)19(17)30-3)21(25)22-20-15-11-31(26,27)12-16(15)23-24(20)14-7-5-4-6-8-14/h4-10H,11-12H2,1-3H3,(H,22,25). The Morgan fingerprint density at radius 1 is 1.00 bits per heavy atom. The first-order valence-electron chi connectivity index (χ1n) is 9.35. The van der Waals surface area contributed by atoms with Gasteiger partial charge >= 0.3 is 0 Å². The van der Waals surface area contributed by atoms with E-state index in [0.29, 0.717) is 40.0 Å². The fourth-order valence-electron chi connectivity index (χ4n) is 3.52. The monoisotopic (exact) mass is 443 g/mol. The number of para-hydroxylation sites is 1. The molecule has 162 valence electrons. The van der Waals surface area contributed by atoms with Crippen LogP contribution in [0.4, 0.5) is 5.82 Å². The Kier molecular flexibility index (Phi) is 5.32. The van der Waals surface area contributed by atoms with Gasteiger partial charge in [0.25, 0.3) is 5.91 Å². The molecule has 0 unspecified atom stereocenters. The van der Waals surface area contributed by atoms with Crippen LogP contribution in [0.2, 0.25) is 0 Å². The average Bonchev–Trinajstić information content (AvgIpc) is 3.25. The van der Waals surface area contributed by atoms with Gasteiger partial charge in [0, 0.05) is 11.1 Å². The number of sulfone groups is 1. The molecule has 1 aliphatic heterocycles. The van der Waals surface area contributed by atoms with Gasteiger partial charge in [-0.25, -0.2) is 13.1 Å². The molecule has 0 radical (unpaired) electrons. The van der Waals surface area contributed by atoms with Crippen LogP contribution >= 0.6 is 0 Å². The average molecular weight is 443 g/mol. The van der Waals surface area contributed by atoms with E-state index >= 15 is 0 Å². The summed E-state index contributed by atoms with van der Waals surface area (Å²) in [5.41, 5.74) is 1.88. The molecule has 0 spiro atoms. The number of anilines is 1. The van der Waals surface area contributed by atoms with Crippen molar-refractivity contribution in [3.8, 4) is 22.9 Å². The van der Waals surface area contributed by atoms with Crippen LogP contribution in [-0.4, -0.2) is 45.4 Å². The number of amides is 1. The lowest BCUT2D eigenvalue weighted by atomic mass is 10.1. The van der Waals surface area contributed by atoms with Crippen LogP contribution in [0.25, 0.3) is 5.69 Å². The van der Waals surface area contributed by atoms with E-state index in [9.17, 15) is 13.2 Å². The second-order valence-corrected chi connectivity index (χ2v) is 8.99. The van der Waals surface area contributed by atoms with E-state index in [1.165, 1.54) is 33.5 Å². The molecule has 2 heterocycles. The summed E-state index contributed by atoms with van der Waals surface area (Å²) in [5, 5.41) is 7.28. The van der Waals surface area contributed by atoms with Gasteiger partial charge in [0.2, 0.25) is 5.75 Å². The number of hydrogen-bond acceptors (Lipinski definition) is 7. The van der Waals surface area contributed by atoms with Crippen molar-refractivity contribution in [1.29, 1.82) is 0 Å². The minimum atomic E-state index is -3.30. The largest absolute Gasteiger partial charge is 0.493 e. The van der Waals surface area contributed by atoms with Crippen LogP contribution < -0.4 is 19.5 Å². The first-order chi connectivity index (χ1) is 14.9. The van der Waals surface area contributed by atoms with Gasteiger partial charge < -0.3 is 19.5 Å². The van der Waals surface area contributed by atoms with Crippen LogP contribution in [0.5, 0.6) is 17.2 Å². The molecule has 10 heteroatoms. The number of hydrogen-bond donors (Lipinski definition) is 1. The van der Waals surface area contributed by atoms with Crippen LogP contribution in [0, 0.1) is 0 Å². The second-order valence-electron chi connectivity index (χ2n) is 6.92. The molecular formula is C21H21N3O6S. The minimum Gasteiger partial charge on any atom is -0.493 e. The Balaban J connectivity index is 1.77. The highest BCUT2D eigenvalue weighted by Gasteiger charge is 2.33. The van der Waals surface area contributed by atoms with Gasteiger partial charge in [0.1, 0.15) is 5.82 Å². The first-order valence-corrected chi connectivity index (χ1v) is 11.2. The molecule has 0 aliphatic carbocycles. The maximum absolute atomic E-state index is 13.1. The number of carbonyl (C=O) groups is 1. The quantitative estimate of drug-likeness (QED) is 0.624. The topological polar surface area (TPSA) is 109 Å². The third-order valence-corrected chi connectivity index (χ3v) is 6.39. The zero-order valence-corrected chi connectivity index (χ0v) is 18.0. The molecule has 1 aliphatic rings. The van der Waals surface area contributed by atoms with E-state index < -0.39 is 15.7 Å². The second kappa shape index (κ2) is 7.95. The molecule has 3 aromatic rings. The zero-order chi connectivity index (χ0) is 22.2. The van der Waals surface area contributed by atoms with Crippen molar-refractivity contribution in [3.05, 3.63) is 59.3 Å². The van der Waals surface area contributed by atoms with Gasteiger partial charge in [-0.1, -0.05) is 18.2 Å². The van der Waals surface area contributed by atoms with Gasteiger partial charge in [-0.3, -0.25) is 4.79 Å². The summed E-state index contributed by atoms with van der Waals surface area (Å²) in [6.07, 6.45) is 0. The van der Waals surface area contributed by atoms with Crippen molar-refractivity contribution in [2.45, 2.75) is 11.5 Å². The highest BCUT2D eigenvalue weighted by atomic mass is 32.2. The van der Waals surface area contributed by atoms with Gasteiger partial charge in [-0.15, -0.1) is 0 Å². The van der Waals surface area contributed by atoms with Gasteiger partial charge in [0.15, 0.2) is 21.3 Å². The number of nitrogens with zero attached hydrogens (tertiary/aromatic N) is 2. The molecule has 0 saturated heterocycles. The Labute approximate surface area is 179 Å². The Morgan fingerprint density at radius 2 is 1.65 bits per heavy atom. The van der Waals surface area contributed by atoms with E-state index in [1.807, 2.05) is 30.3 Å². The predicted octanol–water partition coefficient (Wildman–Crippen LogP) is 2.58. The lowest BCUT2D eigenvalue weighted by Crippen LogP contribution is -2.17. The van der Waals surface area contributed by atoms with Crippen LogP contribution in [0.3, 0.4) is 0 Å². The maximum Gasteiger partial charge on any atom is 0.257 e. The molecule has 1 amide bonds. The van der Waals surface area contributed by atoms with Crippen molar-refractivity contribution in [1.82, 2.24) is 9.78 Å². The lowest BCUT2D eigenvalue weighted by Gasteiger charge is -2.15. The Hall–Kier alpha value is -3.53. The van der Waals surface area contributed by atoms with Gasteiger partial charge in [-0.2, -0.15) is 5.10 Å². The molecule has 4 rings (SSSR count). The van der Waals surface area contributed by atoms with E-state index in [1.54, 1.807) is 4.68 Å². The molecular weight excluding hydrogens is 422 g/mol. The number of carbonyl (C=O) groups excluding carboxylic acids is 1. The van der Waals surface area contributed by atoms with Crippen molar-refractivity contribution in [3.63, 3.8) is 0 Å². The molecule has 0 fully saturated rings. The zero-order valence-electron chi connectivity index (χ0n) is 17.2. The van der Waals surface area contributed by atoms with E-state index in [0.717, 1.165) is 0 Å². The SMILES string of the molecule is COc1cc(C(=O)Nc2c3c(nn2-c2ccccc2)CS(=O)(=O)C3)cc(OC)c1OC. The Bertz CT molecular complexity index is 1230. The van der Waals surface area contributed by atoms with Crippen molar-refractivity contribution in [2.24, 2.45) is 0 Å². The van der Waals surface area contributed by atoms with E-state index in [4.69, 9.17) is 14.2 Å². The number of methoxy groups -OCH3 is 3. The van der Waals surface area contributed by atoms with Gasteiger partial charge in [-0.05, 0) is 24.3 Å².